The molecule has 0 aromatic heterocycles. The summed E-state index contributed by atoms with van der Waals surface area (Å²) in [6.07, 6.45) is 1.77. The van der Waals surface area contributed by atoms with Gasteiger partial charge in [-0.05, 0) is 48.2 Å². The zero-order valence-corrected chi connectivity index (χ0v) is 12.1. The second-order valence-electron chi connectivity index (χ2n) is 4.37. The van der Waals surface area contributed by atoms with E-state index in [1.54, 1.807) is 0 Å². The summed E-state index contributed by atoms with van der Waals surface area (Å²) in [4.78, 5) is 0. The monoisotopic (exact) mass is 294 g/mol. The summed E-state index contributed by atoms with van der Waals surface area (Å²) in [5, 5.41) is 1.55. The summed E-state index contributed by atoms with van der Waals surface area (Å²) in [7, 11) is 0. The molecule has 0 N–H and O–H groups in total. The minimum Gasteiger partial charge on any atom is -0.381 e. The van der Waals surface area contributed by atoms with Gasteiger partial charge < -0.3 is 4.74 Å². The molecule has 2 rings (SSSR count). The fourth-order valence-corrected chi connectivity index (χ4v) is 2.29. The molecule has 0 aliphatic rings. The van der Waals surface area contributed by atoms with E-state index in [0.717, 1.165) is 22.9 Å². The Hall–Kier alpha value is -1.02. The number of hydrogen-bond acceptors (Lipinski definition) is 1. The van der Waals surface area contributed by atoms with Crippen LogP contribution in [-0.2, 0) is 17.6 Å². The maximum atomic E-state index is 5.93. The topological polar surface area (TPSA) is 9.23 Å². The molecule has 0 heterocycles. The van der Waals surface area contributed by atoms with Crippen molar-refractivity contribution in [2.24, 2.45) is 0 Å². The molecule has 0 bridgehead atoms. The van der Waals surface area contributed by atoms with Gasteiger partial charge in [0, 0.05) is 10.0 Å². The summed E-state index contributed by atoms with van der Waals surface area (Å²) in [5.74, 6) is 0. The highest BCUT2D eigenvalue weighted by molar-refractivity contribution is 6.30. The van der Waals surface area contributed by atoms with Crippen molar-refractivity contribution in [3.63, 3.8) is 0 Å². The van der Waals surface area contributed by atoms with Gasteiger partial charge in [-0.15, -0.1) is 0 Å². The largest absolute Gasteiger partial charge is 0.381 e. The smallest absolute Gasteiger partial charge is 0.0506 e. The van der Waals surface area contributed by atoms with Crippen molar-refractivity contribution in [3.05, 3.63) is 69.7 Å². The van der Waals surface area contributed by atoms with Gasteiger partial charge in [0.2, 0.25) is 0 Å². The van der Waals surface area contributed by atoms with Gasteiger partial charge in [0.15, 0.2) is 0 Å². The Balaban J connectivity index is 1.67. The molecule has 0 saturated carbocycles. The fourth-order valence-electron chi connectivity index (χ4n) is 1.87. The molecule has 1 nitrogen and oxygen atoms in total. The quantitative estimate of drug-likeness (QED) is 0.696. The van der Waals surface area contributed by atoms with Crippen LogP contribution in [0.1, 0.15) is 11.1 Å². The van der Waals surface area contributed by atoms with Crippen LogP contribution < -0.4 is 0 Å². The Morgan fingerprint density at radius 1 is 0.737 bits per heavy atom. The molecule has 0 radical (unpaired) electrons. The maximum absolute atomic E-state index is 5.93. The minimum atomic E-state index is 0.709. The molecule has 2 aromatic rings. The highest BCUT2D eigenvalue weighted by atomic mass is 35.5. The van der Waals surface area contributed by atoms with E-state index in [2.05, 4.69) is 12.1 Å². The van der Waals surface area contributed by atoms with E-state index >= 15 is 0 Å². The maximum Gasteiger partial charge on any atom is 0.0506 e. The normalized spacial score (nSPS) is 10.6. The molecule has 0 fully saturated rings. The lowest BCUT2D eigenvalue weighted by molar-refractivity contribution is 0.140. The first kappa shape index (κ1) is 14.4. The Morgan fingerprint density at radius 3 is 1.63 bits per heavy atom. The van der Waals surface area contributed by atoms with Crippen LogP contribution in [0.5, 0.6) is 0 Å². The minimum absolute atomic E-state index is 0.709. The number of halogens is 2. The van der Waals surface area contributed by atoms with Gasteiger partial charge in [0.1, 0.15) is 0 Å². The van der Waals surface area contributed by atoms with Crippen molar-refractivity contribution in [2.45, 2.75) is 12.8 Å². The van der Waals surface area contributed by atoms with E-state index in [1.165, 1.54) is 11.1 Å². The van der Waals surface area contributed by atoms with Crippen LogP contribution in [-0.4, -0.2) is 13.2 Å². The van der Waals surface area contributed by atoms with Crippen molar-refractivity contribution < 1.29 is 4.74 Å². The molecule has 0 amide bonds. The van der Waals surface area contributed by atoms with Crippen molar-refractivity contribution >= 4 is 23.2 Å². The van der Waals surface area contributed by atoms with Crippen LogP contribution in [0, 0.1) is 0 Å². The van der Waals surface area contributed by atoms with Gasteiger partial charge >= 0.3 is 0 Å². The molecule has 0 aliphatic carbocycles. The molecule has 0 unspecified atom stereocenters. The lowest BCUT2D eigenvalue weighted by atomic mass is 10.1. The third-order valence-electron chi connectivity index (χ3n) is 2.85. The van der Waals surface area contributed by atoms with E-state index in [1.807, 2.05) is 36.4 Å². The molecule has 2 aromatic carbocycles. The zero-order chi connectivity index (χ0) is 13.5. The Kier molecular flexibility index (Phi) is 5.71. The average molecular weight is 295 g/mol. The van der Waals surface area contributed by atoms with Crippen molar-refractivity contribution in [3.8, 4) is 0 Å². The second kappa shape index (κ2) is 7.54. The molecule has 19 heavy (non-hydrogen) atoms. The summed E-state index contributed by atoms with van der Waals surface area (Å²) in [6, 6.07) is 15.8. The summed E-state index contributed by atoms with van der Waals surface area (Å²) < 4.78 is 5.64. The van der Waals surface area contributed by atoms with Crippen molar-refractivity contribution in [2.75, 3.05) is 13.2 Å². The Bertz CT molecular complexity index is 478. The van der Waals surface area contributed by atoms with Gasteiger partial charge in [0.05, 0.1) is 13.2 Å². The Morgan fingerprint density at radius 2 is 1.21 bits per heavy atom. The van der Waals surface area contributed by atoms with Crippen LogP contribution in [0.25, 0.3) is 0 Å². The highest BCUT2D eigenvalue weighted by Gasteiger charge is 1.97. The predicted octanol–water partition coefficient (Wildman–Crippen LogP) is 4.80. The molecule has 0 spiro atoms. The second-order valence-corrected chi connectivity index (χ2v) is 5.25. The van der Waals surface area contributed by atoms with Crippen LogP contribution in [0.2, 0.25) is 10.0 Å². The van der Waals surface area contributed by atoms with Crippen LogP contribution in [0.3, 0.4) is 0 Å². The highest BCUT2D eigenvalue weighted by Crippen LogP contribution is 2.12. The van der Waals surface area contributed by atoms with E-state index in [-0.39, 0.29) is 0 Å². The van der Waals surface area contributed by atoms with Crippen molar-refractivity contribution in [1.82, 2.24) is 0 Å². The molecular weight excluding hydrogens is 279 g/mol. The molecule has 0 atom stereocenters. The lowest BCUT2D eigenvalue weighted by Crippen LogP contribution is -2.02. The van der Waals surface area contributed by atoms with Crippen molar-refractivity contribution in [1.29, 1.82) is 0 Å². The fraction of sp³-hybridized carbons (Fsp3) is 0.250. The first-order valence-electron chi connectivity index (χ1n) is 6.31. The van der Waals surface area contributed by atoms with Gasteiger partial charge in [-0.25, -0.2) is 0 Å². The summed E-state index contributed by atoms with van der Waals surface area (Å²) >= 11 is 11.9. The third-order valence-corrected chi connectivity index (χ3v) is 3.32. The first-order chi connectivity index (χ1) is 9.24. The standard InChI is InChI=1S/C16H16Cl2O/c17-15-5-1-3-13(11-15)7-9-19-10-8-14-4-2-6-16(18)12-14/h1-6,11-12H,7-10H2. The van der Waals surface area contributed by atoms with E-state index in [4.69, 9.17) is 27.9 Å². The number of ether oxygens (including phenoxy) is 1. The first-order valence-corrected chi connectivity index (χ1v) is 7.06. The SMILES string of the molecule is Clc1cccc(CCOCCc2cccc(Cl)c2)c1. The molecular formula is C16H16Cl2O. The van der Waals surface area contributed by atoms with Gasteiger partial charge in [-0.2, -0.15) is 0 Å². The van der Waals surface area contributed by atoms with Crippen LogP contribution in [0.15, 0.2) is 48.5 Å². The van der Waals surface area contributed by atoms with E-state index in [9.17, 15) is 0 Å². The third kappa shape index (κ3) is 5.23. The average Bonchev–Trinajstić information content (AvgIpc) is 2.38. The van der Waals surface area contributed by atoms with E-state index < -0.39 is 0 Å². The number of rotatable bonds is 6. The number of benzene rings is 2. The zero-order valence-electron chi connectivity index (χ0n) is 10.6. The predicted molar refractivity (Wildman–Crippen MR) is 81.1 cm³/mol. The summed E-state index contributed by atoms with van der Waals surface area (Å²) in [5.41, 5.74) is 2.41. The van der Waals surface area contributed by atoms with Crippen LogP contribution >= 0.6 is 23.2 Å². The van der Waals surface area contributed by atoms with E-state index in [0.29, 0.717) is 13.2 Å². The molecule has 100 valence electrons. The van der Waals surface area contributed by atoms with Gasteiger partial charge in [0.25, 0.3) is 0 Å². The van der Waals surface area contributed by atoms with Gasteiger partial charge in [-0.3, -0.25) is 0 Å². The van der Waals surface area contributed by atoms with Gasteiger partial charge in [-0.1, -0.05) is 47.5 Å². The molecule has 0 aliphatic heterocycles. The van der Waals surface area contributed by atoms with Crippen LogP contribution in [0.4, 0.5) is 0 Å². The Labute approximate surface area is 124 Å². The lowest BCUT2D eigenvalue weighted by Gasteiger charge is -2.05. The molecule has 3 heteroatoms. The molecule has 0 saturated heterocycles. The number of hydrogen-bond donors (Lipinski definition) is 0. The summed E-state index contributed by atoms with van der Waals surface area (Å²) in [6.45, 7) is 1.42.